The molecule has 4 rings (SSSR count). The van der Waals surface area contributed by atoms with Gasteiger partial charge in [-0.1, -0.05) is 36.4 Å². The zero-order valence-corrected chi connectivity index (χ0v) is 15.4. The maximum absolute atomic E-state index is 12.2. The molecule has 27 heavy (non-hydrogen) atoms. The van der Waals surface area contributed by atoms with Gasteiger partial charge in [-0.25, -0.2) is 4.79 Å². The van der Waals surface area contributed by atoms with Crippen LogP contribution in [0.4, 0.5) is 4.79 Å². The van der Waals surface area contributed by atoms with Gasteiger partial charge in [0, 0.05) is 19.4 Å². The van der Waals surface area contributed by atoms with Crippen LogP contribution in [0.2, 0.25) is 0 Å². The topological polar surface area (TPSA) is 68.2 Å². The Kier molecular flexibility index (Phi) is 4.53. The number of benzene rings is 2. The third-order valence-corrected chi connectivity index (χ3v) is 4.93. The van der Waals surface area contributed by atoms with Crippen LogP contribution in [0.3, 0.4) is 0 Å². The van der Waals surface area contributed by atoms with E-state index in [1.165, 1.54) is 0 Å². The van der Waals surface area contributed by atoms with Crippen LogP contribution >= 0.6 is 0 Å². The van der Waals surface area contributed by atoms with E-state index in [2.05, 4.69) is 0 Å². The van der Waals surface area contributed by atoms with E-state index in [9.17, 15) is 9.90 Å². The molecule has 0 spiro atoms. The zero-order chi connectivity index (χ0) is 19.0. The highest BCUT2D eigenvalue weighted by molar-refractivity contribution is 5.70. The first-order valence-electron chi connectivity index (χ1n) is 9.05. The first-order chi connectivity index (χ1) is 12.9. The molecule has 6 nitrogen and oxygen atoms in total. The van der Waals surface area contributed by atoms with Crippen LogP contribution in [0, 0.1) is 0 Å². The standard InChI is InChI=1S/C21H23NO5/c1-21(2)26-12-16-10-15(8-9-19(16)27-21)18(23)11-22-17(13-25-20(22)24)14-6-4-3-5-7-14/h3-10,17-18,23H,11-13H2,1-2H3/t17-,18+/m1/s1. The lowest BCUT2D eigenvalue weighted by Crippen LogP contribution is -2.35. The van der Waals surface area contributed by atoms with Crippen LogP contribution < -0.4 is 4.74 Å². The van der Waals surface area contributed by atoms with Crippen molar-refractivity contribution >= 4 is 6.09 Å². The van der Waals surface area contributed by atoms with Gasteiger partial charge in [-0.05, 0) is 23.3 Å². The third kappa shape index (κ3) is 3.63. The summed E-state index contributed by atoms with van der Waals surface area (Å²) in [5, 5.41) is 10.7. The Hall–Kier alpha value is -2.57. The lowest BCUT2D eigenvalue weighted by molar-refractivity contribution is -0.180. The summed E-state index contributed by atoms with van der Waals surface area (Å²) in [5.41, 5.74) is 2.59. The van der Waals surface area contributed by atoms with Crippen LogP contribution in [0.5, 0.6) is 5.75 Å². The van der Waals surface area contributed by atoms with Gasteiger partial charge >= 0.3 is 6.09 Å². The summed E-state index contributed by atoms with van der Waals surface area (Å²) < 4.78 is 16.7. The molecule has 1 fully saturated rings. The molecule has 142 valence electrons. The van der Waals surface area contributed by atoms with E-state index >= 15 is 0 Å². The molecular weight excluding hydrogens is 346 g/mol. The Labute approximate surface area is 158 Å². The molecule has 1 amide bonds. The first-order valence-corrected chi connectivity index (χ1v) is 9.05. The van der Waals surface area contributed by atoms with Crippen molar-refractivity contribution in [2.75, 3.05) is 13.2 Å². The molecule has 2 aliphatic heterocycles. The Balaban J connectivity index is 1.51. The van der Waals surface area contributed by atoms with Crippen LogP contribution in [0.1, 0.15) is 42.7 Å². The van der Waals surface area contributed by atoms with Crippen LogP contribution in [0.25, 0.3) is 0 Å². The van der Waals surface area contributed by atoms with Gasteiger partial charge in [0.1, 0.15) is 12.4 Å². The number of aliphatic hydroxyl groups excluding tert-OH is 1. The number of β-amino-alcohol motifs (C(OH)–C–C–N with tert-alkyl or cyclic N) is 1. The number of amides is 1. The molecule has 2 atom stereocenters. The van der Waals surface area contributed by atoms with Crippen molar-refractivity contribution in [1.29, 1.82) is 0 Å². The molecular formula is C21H23NO5. The van der Waals surface area contributed by atoms with E-state index in [4.69, 9.17) is 14.2 Å². The predicted molar refractivity (Wildman–Crippen MR) is 98.1 cm³/mol. The van der Waals surface area contributed by atoms with Gasteiger partial charge in [0.05, 0.1) is 25.3 Å². The second kappa shape index (κ2) is 6.87. The fourth-order valence-electron chi connectivity index (χ4n) is 3.46. The lowest BCUT2D eigenvalue weighted by Gasteiger charge is -2.33. The van der Waals surface area contributed by atoms with Crippen molar-refractivity contribution < 1.29 is 24.1 Å². The minimum Gasteiger partial charge on any atom is -0.463 e. The number of aliphatic hydroxyl groups is 1. The van der Waals surface area contributed by atoms with E-state index < -0.39 is 18.0 Å². The largest absolute Gasteiger partial charge is 0.463 e. The fourth-order valence-corrected chi connectivity index (χ4v) is 3.46. The Bertz CT molecular complexity index is 836. The summed E-state index contributed by atoms with van der Waals surface area (Å²) in [6.45, 7) is 4.59. The summed E-state index contributed by atoms with van der Waals surface area (Å²) in [4.78, 5) is 13.8. The van der Waals surface area contributed by atoms with E-state index in [1.54, 1.807) is 4.90 Å². The fraction of sp³-hybridized carbons (Fsp3) is 0.381. The molecule has 1 N–H and O–H groups in total. The molecule has 2 aliphatic rings. The summed E-state index contributed by atoms with van der Waals surface area (Å²) >= 11 is 0. The quantitative estimate of drug-likeness (QED) is 0.893. The number of ether oxygens (including phenoxy) is 3. The van der Waals surface area contributed by atoms with E-state index in [0.29, 0.717) is 12.2 Å². The lowest BCUT2D eigenvalue weighted by atomic mass is 10.0. The van der Waals surface area contributed by atoms with Crippen molar-refractivity contribution in [2.45, 2.75) is 38.4 Å². The average Bonchev–Trinajstić information content (AvgIpc) is 3.02. The van der Waals surface area contributed by atoms with Gasteiger partial charge in [0.2, 0.25) is 5.79 Å². The summed E-state index contributed by atoms with van der Waals surface area (Å²) in [5.74, 6) is 0.0972. The highest BCUT2D eigenvalue weighted by Crippen LogP contribution is 2.34. The molecule has 6 heteroatoms. The molecule has 2 heterocycles. The molecule has 0 radical (unpaired) electrons. The average molecular weight is 369 g/mol. The summed E-state index contributed by atoms with van der Waals surface area (Å²) in [7, 11) is 0. The van der Waals surface area contributed by atoms with E-state index in [-0.39, 0.29) is 19.2 Å². The number of hydrogen-bond donors (Lipinski definition) is 1. The molecule has 0 unspecified atom stereocenters. The smallest absolute Gasteiger partial charge is 0.410 e. The maximum Gasteiger partial charge on any atom is 0.410 e. The van der Waals surface area contributed by atoms with Crippen molar-refractivity contribution in [3.05, 3.63) is 65.2 Å². The van der Waals surface area contributed by atoms with Crippen molar-refractivity contribution in [1.82, 2.24) is 4.90 Å². The van der Waals surface area contributed by atoms with Crippen molar-refractivity contribution in [3.63, 3.8) is 0 Å². The van der Waals surface area contributed by atoms with Crippen LogP contribution in [-0.2, 0) is 16.1 Å². The van der Waals surface area contributed by atoms with Crippen molar-refractivity contribution in [2.24, 2.45) is 0 Å². The van der Waals surface area contributed by atoms with Gasteiger partial charge in [-0.3, -0.25) is 4.90 Å². The van der Waals surface area contributed by atoms with E-state index in [1.807, 2.05) is 62.4 Å². The third-order valence-electron chi connectivity index (χ3n) is 4.93. The Morgan fingerprint density at radius 2 is 2.00 bits per heavy atom. The predicted octanol–water partition coefficient (Wildman–Crippen LogP) is 3.56. The van der Waals surface area contributed by atoms with Gasteiger partial charge < -0.3 is 19.3 Å². The molecule has 0 aromatic heterocycles. The Morgan fingerprint density at radius 3 is 2.78 bits per heavy atom. The van der Waals surface area contributed by atoms with Gasteiger partial charge in [-0.2, -0.15) is 0 Å². The van der Waals surface area contributed by atoms with E-state index in [0.717, 1.165) is 16.9 Å². The first kappa shape index (κ1) is 17.8. The Morgan fingerprint density at radius 1 is 1.22 bits per heavy atom. The second-order valence-corrected chi connectivity index (χ2v) is 7.33. The van der Waals surface area contributed by atoms with Gasteiger partial charge in [0.15, 0.2) is 0 Å². The normalized spacial score (nSPS) is 22.0. The highest BCUT2D eigenvalue weighted by atomic mass is 16.7. The number of hydrogen-bond acceptors (Lipinski definition) is 5. The van der Waals surface area contributed by atoms with Crippen LogP contribution in [-0.4, -0.2) is 35.0 Å². The number of nitrogens with zero attached hydrogens (tertiary/aromatic N) is 1. The summed E-state index contributed by atoms with van der Waals surface area (Å²) in [6.07, 6.45) is -1.24. The molecule has 1 saturated heterocycles. The SMILES string of the molecule is CC1(C)OCc2cc([C@@H](O)CN3C(=O)OC[C@@H]3c3ccccc3)ccc2O1. The molecule has 0 saturated carbocycles. The molecule has 2 aromatic carbocycles. The highest BCUT2D eigenvalue weighted by Gasteiger charge is 2.35. The number of carbonyl (C=O) groups excluding carboxylic acids is 1. The zero-order valence-electron chi connectivity index (χ0n) is 15.4. The number of fused-ring (bicyclic) bond motifs is 1. The number of cyclic esters (lactones) is 1. The number of carbonyl (C=O) groups is 1. The maximum atomic E-state index is 12.2. The molecule has 0 bridgehead atoms. The molecule has 2 aromatic rings. The van der Waals surface area contributed by atoms with Gasteiger partial charge in [0.25, 0.3) is 0 Å². The molecule has 0 aliphatic carbocycles. The monoisotopic (exact) mass is 369 g/mol. The minimum absolute atomic E-state index is 0.157. The van der Waals surface area contributed by atoms with Gasteiger partial charge in [-0.15, -0.1) is 0 Å². The summed E-state index contributed by atoms with van der Waals surface area (Å²) in [6, 6.07) is 15.0. The second-order valence-electron chi connectivity index (χ2n) is 7.33. The minimum atomic E-state index is -0.831. The van der Waals surface area contributed by atoms with Crippen molar-refractivity contribution in [3.8, 4) is 5.75 Å². The van der Waals surface area contributed by atoms with Crippen LogP contribution in [0.15, 0.2) is 48.5 Å². The number of rotatable bonds is 4.